The highest BCUT2D eigenvalue weighted by molar-refractivity contribution is 5.28. The van der Waals surface area contributed by atoms with E-state index in [-0.39, 0.29) is 0 Å². The lowest BCUT2D eigenvalue weighted by molar-refractivity contribution is 0.0429. The number of imidazole rings is 1. The van der Waals surface area contributed by atoms with Gasteiger partial charge in [0.15, 0.2) is 0 Å². The van der Waals surface area contributed by atoms with Crippen molar-refractivity contribution in [2.45, 2.75) is 69.5 Å². The first-order valence-corrected chi connectivity index (χ1v) is 8.15. The van der Waals surface area contributed by atoms with Crippen molar-refractivity contribution in [3.8, 4) is 0 Å². The molecule has 4 heteroatoms. The first-order chi connectivity index (χ1) is 9.70. The molecule has 0 spiro atoms. The quantitative estimate of drug-likeness (QED) is 0.897. The van der Waals surface area contributed by atoms with Crippen LogP contribution in [0.15, 0.2) is 12.4 Å². The van der Waals surface area contributed by atoms with Crippen molar-refractivity contribution in [3.05, 3.63) is 12.4 Å². The average Bonchev–Trinajstić information content (AvgIpc) is 2.82. The van der Waals surface area contributed by atoms with Gasteiger partial charge in [0, 0.05) is 30.5 Å². The second-order valence-electron chi connectivity index (χ2n) is 6.83. The highest BCUT2D eigenvalue weighted by Gasteiger charge is 2.39. The molecule has 1 heterocycles. The third kappa shape index (κ3) is 2.71. The molecule has 0 radical (unpaired) electrons. The lowest BCUT2D eigenvalue weighted by atomic mass is 9.75. The minimum atomic E-state index is 0.351. The van der Waals surface area contributed by atoms with Gasteiger partial charge in [-0.15, -0.1) is 0 Å². The maximum Gasteiger partial charge on any atom is 0.203 e. The lowest BCUT2D eigenvalue weighted by Crippen LogP contribution is -2.53. The summed E-state index contributed by atoms with van der Waals surface area (Å²) >= 11 is 0. The van der Waals surface area contributed by atoms with E-state index in [0.717, 1.165) is 12.5 Å². The van der Waals surface area contributed by atoms with Gasteiger partial charge in [-0.3, -0.25) is 0 Å². The lowest BCUT2D eigenvalue weighted by Gasteiger charge is -2.47. The molecule has 0 unspecified atom stereocenters. The number of nitrogens with zero attached hydrogens (tertiary/aromatic N) is 3. The van der Waals surface area contributed by atoms with E-state index >= 15 is 0 Å². The molecule has 20 heavy (non-hydrogen) atoms. The zero-order chi connectivity index (χ0) is 14.0. The van der Waals surface area contributed by atoms with Gasteiger partial charge in [-0.25, -0.2) is 4.98 Å². The maximum absolute atomic E-state index is 4.55. The van der Waals surface area contributed by atoms with Crippen LogP contribution in [0, 0.1) is 0 Å². The molecule has 2 aliphatic rings. The summed E-state index contributed by atoms with van der Waals surface area (Å²) < 4.78 is 2.33. The molecular formula is C16H28N4. The van der Waals surface area contributed by atoms with Crippen LogP contribution in [0.4, 0.5) is 5.95 Å². The summed E-state index contributed by atoms with van der Waals surface area (Å²) in [4.78, 5) is 6.95. The molecular weight excluding hydrogens is 248 g/mol. The number of rotatable bonds is 5. The molecule has 1 N–H and O–H groups in total. The number of likely N-dealkylation sites (N-methyl/N-ethyl adjacent to an activating group) is 1. The topological polar surface area (TPSA) is 33.1 Å². The second-order valence-corrected chi connectivity index (χ2v) is 6.83. The predicted octanol–water partition coefficient (Wildman–Crippen LogP) is 3.11. The maximum atomic E-state index is 4.55. The highest BCUT2D eigenvalue weighted by Crippen LogP contribution is 2.38. The van der Waals surface area contributed by atoms with Crippen LogP contribution in [-0.4, -0.2) is 40.1 Å². The van der Waals surface area contributed by atoms with Crippen molar-refractivity contribution < 1.29 is 0 Å². The standard InChI is InChI=1S/C16H28N4/c1-19(2)16(9-6-10-16)13-20-12-11-17-15(20)18-14-7-4-3-5-8-14/h11-12,14H,3-10,13H2,1-2H3,(H,17,18). The first kappa shape index (κ1) is 13.9. The van der Waals surface area contributed by atoms with Crippen molar-refractivity contribution in [2.24, 2.45) is 0 Å². The molecule has 4 nitrogen and oxygen atoms in total. The van der Waals surface area contributed by atoms with Gasteiger partial charge < -0.3 is 14.8 Å². The van der Waals surface area contributed by atoms with Crippen LogP contribution in [0.2, 0.25) is 0 Å². The van der Waals surface area contributed by atoms with E-state index in [1.807, 2.05) is 6.20 Å². The van der Waals surface area contributed by atoms with Crippen LogP contribution in [0.3, 0.4) is 0 Å². The third-order valence-corrected chi connectivity index (χ3v) is 5.35. The highest BCUT2D eigenvalue weighted by atomic mass is 15.3. The van der Waals surface area contributed by atoms with E-state index in [4.69, 9.17) is 0 Å². The number of anilines is 1. The summed E-state index contributed by atoms with van der Waals surface area (Å²) in [6, 6.07) is 0.626. The van der Waals surface area contributed by atoms with Crippen molar-refractivity contribution in [3.63, 3.8) is 0 Å². The van der Waals surface area contributed by atoms with Gasteiger partial charge in [0.25, 0.3) is 0 Å². The molecule has 0 saturated heterocycles. The minimum absolute atomic E-state index is 0.351. The van der Waals surface area contributed by atoms with Gasteiger partial charge in [-0.1, -0.05) is 19.3 Å². The monoisotopic (exact) mass is 276 g/mol. The van der Waals surface area contributed by atoms with Gasteiger partial charge in [0.1, 0.15) is 0 Å². The molecule has 1 aromatic rings. The SMILES string of the molecule is CN(C)C1(Cn2ccnc2NC2CCCCC2)CCC1. The molecule has 1 aromatic heterocycles. The Balaban J connectivity index is 1.66. The van der Waals surface area contributed by atoms with Crippen LogP contribution in [-0.2, 0) is 6.54 Å². The molecule has 2 fully saturated rings. The summed E-state index contributed by atoms with van der Waals surface area (Å²) in [7, 11) is 4.43. The van der Waals surface area contributed by atoms with Crippen molar-refractivity contribution >= 4 is 5.95 Å². The fourth-order valence-electron chi connectivity index (χ4n) is 3.66. The van der Waals surface area contributed by atoms with E-state index in [2.05, 4.69) is 40.1 Å². The van der Waals surface area contributed by atoms with Gasteiger partial charge in [0.05, 0.1) is 0 Å². The van der Waals surface area contributed by atoms with Gasteiger partial charge in [-0.2, -0.15) is 0 Å². The number of hydrogen-bond donors (Lipinski definition) is 1. The molecule has 112 valence electrons. The minimum Gasteiger partial charge on any atom is -0.353 e. The third-order valence-electron chi connectivity index (χ3n) is 5.35. The Hall–Kier alpha value is -1.03. The van der Waals surface area contributed by atoms with E-state index in [1.54, 1.807) is 0 Å². The Morgan fingerprint density at radius 1 is 1.25 bits per heavy atom. The summed E-state index contributed by atoms with van der Waals surface area (Å²) in [5, 5.41) is 3.67. The molecule has 2 aliphatic carbocycles. The Morgan fingerprint density at radius 3 is 2.60 bits per heavy atom. The van der Waals surface area contributed by atoms with E-state index in [0.29, 0.717) is 11.6 Å². The molecule has 3 rings (SSSR count). The smallest absolute Gasteiger partial charge is 0.203 e. The van der Waals surface area contributed by atoms with Gasteiger partial charge in [0.2, 0.25) is 5.95 Å². The molecule has 0 atom stereocenters. The summed E-state index contributed by atoms with van der Waals surface area (Å²) in [5.41, 5.74) is 0.351. The molecule has 2 saturated carbocycles. The van der Waals surface area contributed by atoms with Crippen molar-refractivity contribution in [1.82, 2.24) is 14.5 Å². The van der Waals surface area contributed by atoms with E-state index in [9.17, 15) is 0 Å². The zero-order valence-corrected chi connectivity index (χ0v) is 12.9. The predicted molar refractivity (Wildman–Crippen MR) is 83.0 cm³/mol. The Labute approximate surface area is 122 Å². The Kier molecular flexibility index (Phi) is 4.01. The van der Waals surface area contributed by atoms with Crippen LogP contribution in [0.5, 0.6) is 0 Å². The summed E-state index contributed by atoms with van der Waals surface area (Å²) in [6.07, 6.45) is 14.8. The van der Waals surface area contributed by atoms with Gasteiger partial charge in [-0.05, 0) is 46.2 Å². The first-order valence-electron chi connectivity index (χ1n) is 8.15. The van der Waals surface area contributed by atoms with E-state index in [1.165, 1.54) is 51.4 Å². The number of hydrogen-bond acceptors (Lipinski definition) is 3. The Bertz CT molecular complexity index is 427. The van der Waals surface area contributed by atoms with Crippen molar-refractivity contribution in [1.29, 1.82) is 0 Å². The van der Waals surface area contributed by atoms with Gasteiger partial charge >= 0.3 is 0 Å². The fourth-order valence-corrected chi connectivity index (χ4v) is 3.66. The zero-order valence-electron chi connectivity index (χ0n) is 12.9. The Morgan fingerprint density at radius 2 is 2.00 bits per heavy atom. The summed E-state index contributed by atoms with van der Waals surface area (Å²) in [5.74, 6) is 1.07. The normalized spacial score (nSPS) is 22.8. The molecule has 0 aromatic carbocycles. The molecule has 0 amide bonds. The van der Waals surface area contributed by atoms with E-state index < -0.39 is 0 Å². The van der Waals surface area contributed by atoms with Crippen LogP contribution in [0.1, 0.15) is 51.4 Å². The second kappa shape index (κ2) is 5.76. The number of aromatic nitrogens is 2. The van der Waals surface area contributed by atoms with Crippen LogP contribution in [0.25, 0.3) is 0 Å². The number of nitrogens with one attached hydrogen (secondary N) is 1. The summed E-state index contributed by atoms with van der Waals surface area (Å²) in [6.45, 7) is 1.06. The molecule has 0 bridgehead atoms. The largest absolute Gasteiger partial charge is 0.353 e. The molecule has 0 aliphatic heterocycles. The average molecular weight is 276 g/mol. The van der Waals surface area contributed by atoms with Crippen LogP contribution >= 0.6 is 0 Å². The van der Waals surface area contributed by atoms with Crippen molar-refractivity contribution in [2.75, 3.05) is 19.4 Å². The van der Waals surface area contributed by atoms with Crippen LogP contribution < -0.4 is 5.32 Å². The fraction of sp³-hybridized carbons (Fsp3) is 0.812.